The largest absolute Gasteiger partial charge is 0.353 e. The van der Waals surface area contributed by atoms with E-state index in [1.54, 1.807) is 0 Å². The average molecular weight is 171 g/mol. The third kappa shape index (κ3) is 2.79. The van der Waals surface area contributed by atoms with Crippen molar-refractivity contribution in [3.8, 4) is 0 Å². The van der Waals surface area contributed by atoms with Crippen molar-refractivity contribution in [2.75, 3.05) is 19.6 Å². The first-order valence-corrected chi connectivity index (χ1v) is 4.44. The molecular formula is C8H17N3O. The summed E-state index contributed by atoms with van der Waals surface area (Å²) in [5, 5.41) is 9.19. The molecule has 0 spiro atoms. The molecule has 3 N–H and O–H groups in total. The molecule has 4 nitrogen and oxygen atoms in total. The molecule has 1 aliphatic heterocycles. The first-order valence-electron chi connectivity index (χ1n) is 4.44. The molecule has 1 fully saturated rings. The second-order valence-electron chi connectivity index (χ2n) is 3.37. The summed E-state index contributed by atoms with van der Waals surface area (Å²) in [7, 11) is 0. The van der Waals surface area contributed by atoms with Crippen molar-refractivity contribution in [1.29, 1.82) is 0 Å². The smallest absolute Gasteiger partial charge is 0.238 e. The van der Waals surface area contributed by atoms with Gasteiger partial charge in [-0.25, -0.2) is 0 Å². The molecule has 0 aliphatic carbocycles. The van der Waals surface area contributed by atoms with Gasteiger partial charge in [0.15, 0.2) is 0 Å². The van der Waals surface area contributed by atoms with E-state index in [1.807, 2.05) is 13.8 Å². The summed E-state index contributed by atoms with van der Waals surface area (Å²) in [6, 6.07) is 0.169. The van der Waals surface area contributed by atoms with Crippen LogP contribution in [0.15, 0.2) is 0 Å². The lowest BCUT2D eigenvalue weighted by atomic mass is 10.2. The van der Waals surface area contributed by atoms with Crippen LogP contribution < -0.4 is 16.0 Å². The second-order valence-corrected chi connectivity index (χ2v) is 3.37. The summed E-state index contributed by atoms with van der Waals surface area (Å²) < 4.78 is 0. The maximum absolute atomic E-state index is 11.4. The first kappa shape index (κ1) is 9.48. The molecule has 1 saturated heterocycles. The van der Waals surface area contributed by atoms with E-state index in [-0.39, 0.29) is 18.0 Å². The van der Waals surface area contributed by atoms with Crippen LogP contribution in [0.4, 0.5) is 0 Å². The van der Waals surface area contributed by atoms with Gasteiger partial charge in [-0.2, -0.15) is 0 Å². The van der Waals surface area contributed by atoms with Gasteiger partial charge in [-0.1, -0.05) is 0 Å². The average Bonchev–Trinajstić information content (AvgIpc) is 2.05. The van der Waals surface area contributed by atoms with Crippen LogP contribution in [0.2, 0.25) is 0 Å². The third-order valence-corrected chi connectivity index (χ3v) is 1.79. The van der Waals surface area contributed by atoms with Crippen LogP contribution in [0.1, 0.15) is 13.8 Å². The minimum absolute atomic E-state index is 0.0545. The summed E-state index contributed by atoms with van der Waals surface area (Å²) in [5.41, 5.74) is 0. The van der Waals surface area contributed by atoms with E-state index in [4.69, 9.17) is 0 Å². The highest BCUT2D eigenvalue weighted by Crippen LogP contribution is 1.88. The Morgan fingerprint density at radius 1 is 1.50 bits per heavy atom. The molecule has 70 valence electrons. The molecule has 12 heavy (non-hydrogen) atoms. The van der Waals surface area contributed by atoms with Gasteiger partial charge in [0.25, 0.3) is 0 Å². The van der Waals surface area contributed by atoms with Gasteiger partial charge in [-0.15, -0.1) is 0 Å². The molecule has 0 aromatic carbocycles. The Kier molecular flexibility index (Phi) is 3.49. The number of amides is 1. The molecule has 0 aromatic heterocycles. The molecule has 1 aliphatic rings. The van der Waals surface area contributed by atoms with E-state index in [2.05, 4.69) is 16.0 Å². The van der Waals surface area contributed by atoms with Crippen LogP contribution in [0, 0.1) is 0 Å². The highest BCUT2D eigenvalue weighted by molar-refractivity contribution is 5.82. The number of hydrogen-bond acceptors (Lipinski definition) is 3. The van der Waals surface area contributed by atoms with Gasteiger partial charge in [0.1, 0.15) is 0 Å². The quantitative estimate of drug-likeness (QED) is 0.503. The van der Waals surface area contributed by atoms with E-state index in [0.717, 1.165) is 19.6 Å². The van der Waals surface area contributed by atoms with Crippen molar-refractivity contribution in [3.63, 3.8) is 0 Å². The minimum atomic E-state index is -0.0545. The van der Waals surface area contributed by atoms with E-state index in [1.165, 1.54) is 0 Å². The van der Waals surface area contributed by atoms with Gasteiger partial charge in [-0.05, 0) is 13.8 Å². The lowest BCUT2D eigenvalue weighted by Crippen LogP contribution is -2.56. The Morgan fingerprint density at radius 3 is 2.75 bits per heavy atom. The molecule has 1 rings (SSSR count). The molecule has 0 unspecified atom stereocenters. The Hall–Kier alpha value is -0.610. The van der Waals surface area contributed by atoms with Crippen molar-refractivity contribution in [2.45, 2.75) is 25.9 Å². The summed E-state index contributed by atoms with van der Waals surface area (Å²) in [6.07, 6.45) is 0. The van der Waals surface area contributed by atoms with E-state index >= 15 is 0 Å². The molecule has 1 heterocycles. The zero-order valence-corrected chi connectivity index (χ0v) is 7.68. The van der Waals surface area contributed by atoms with Gasteiger partial charge in [0, 0.05) is 25.7 Å². The fourth-order valence-electron chi connectivity index (χ4n) is 1.22. The lowest BCUT2D eigenvalue weighted by Gasteiger charge is -2.24. The predicted molar refractivity (Wildman–Crippen MR) is 47.9 cm³/mol. The maximum Gasteiger partial charge on any atom is 0.238 e. The number of nitrogens with one attached hydrogen (secondary N) is 3. The minimum Gasteiger partial charge on any atom is -0.353 e. The van der Waals surface area contributed by atoms with E-state index < -0.39 is 0 Å². The van der Waals surface area contributed by atoms with Crippen molar-refractivity contribution < 1.29 is 4.79 Å². The number of piperazine rings is 1. The molecular weight excluding hydrogens is 154 g/mol. The molecule has 0 saturated carbocycles. The van der Waals surface area contributed by atoms with Gasteiger partial charge >= 0.3 is 0 Å². The highest BCUT2D eigenvalue weighted by atomic mass is 16.2. The third-order valence-electron chi connectivity index (χ3n) is 1.79. The molecule has 1 atom stereocenters. The molecule has 0 radical (unpaired) electrons. The highest BCUT2D eigenvalue weighted by Gasteiger charge is 2.19. The summed E-state index contributed by atoms with van der Waals surface area (Å²) in [5.74, 6) is 0.0946. The SMILES string of the molecule is CC(C)NC(=O)[C@H]1CNCCN1. The number of carbonyl (C=O) groups excluding carboxylic acids is 1. The maximum atomic E-state index is 11.4. The van der Waals surface area contributed by atoms with Crippen LogP contribution in [-0.4, -0.2) is 37.6 Å². The van der Waals surface area contributed by atoms with Crippen molar-refractivity contribution in [2.24, 2.45) is 0 Å². The van der Waals surface area contributed by atoms with Crippen LogP contribution in [0.5, 0.6) is 0 Å². The zero-order chi connectivity index (χ0) is 8.97. The van der Waals surface area contributed by atoms with Gasteiger partial charge in [-0.3, -0.25) is 4.79 Å². The number of hydrogen-bond donors (Lipinski definition) is 3. The first-order chi connectivity index (χ1) is 5.70. The normalized spacial score (nSPS) is 24.1. The van der Waals surface area contributed by atoms with Crippen LogP contribution in [-0.2, 0) is 4.79 Å². The Labute approximate surface area is 73.1 Å². The standard InChI is InChI=1S/C8H17N3O/c1-6(2)11-8(12)7-5-9-3-4-10-7/h6-7,9-10H,3-5H2,1-2H3,(H,11,12)/t7-/m1/s1. The number of rotatable bonds is 2. The van der Waals surface area contributed by atoms with Gasteiger partial charge < -0.3 is 16.0 Å². The molecule has 1 amide bonds. The van der Waals surface area contributed by atoms with E-state index in [9.17, 15) is 4.79 Å². The summed E-state index contributed by atoms with van der Waals surface area (Å²) in [6.45, 7) is 6.49. The fourth-order valence-corrected chi connectivity index (χ4v) is 1.22. The second kappa shape index (κ2) is 4.42. The lowest BCUT2D eigenvalue weighted by molar-refractivity contribution is -0.123. The van der Waals surface area contributed by atoms with Crippen LogP contribution in [0.3, 0.4) is 0 Å². The Morgan fingerprint density at radius 2 is 2.25 bits per heavy atom. The van der Waals surface area contributed by atoms with Crippen molar-refractivity contribution in [3.05, 3.63) is 0 Å². The fraction of sp³-hybridized carbons (Fsp3) is 0.875. The Balaban J connectivity index is 2.30. The topological polar surface area (TPSA) is 53.2 Å². The predicted octanol–water partition coefficient (Wildman–Crippen LogP) is -0.928. The molecule has 0 bridgehead atoms. The molecule has 0 aromatic rings. The monoisotopic (exact) mass is 171 g/mol. The van der Waals surface area contributed by atoms with Gasteiger partial charge in [0.05, 0.1) is 6.04 Å². The van der Waals surface area contributed by atoms with Crippen LogP contribution >= 0.6 is 0 Å². The van der Waals surface area contributed by atoms with Gasteiger partial charge in [0.2, 0.25) is 5.91 Å². The van der Waals surface area contributed by atoms with Crippen molar-refractivity contribution >= 4 is 5.91 Å². The summed E-state index contributed by atoms with van der Waals surface area (Å²) >= 11 is 0. The number of carbonyl (C=O) groups is 1. The van der Waals surface area contributed by atoms with Crippen molar-refractivity contribution in [1.82, 2.24) is 16.0 Å². The summed E-state index contributed by atoms with van der Waals surface area (Å²) in [4.78, 5) is 11.4. The molecule has 4 heteroatoms. The van der Waals surface area contributed by atoms with E-state index in [0.29, 0.717) is 0 Å². The Bertz CT molecular complexity index is 152. The zero-order valence-electron chi connectivity index (χ0n) is 7.68. The van der Waals surface area contributed by atoms with Crippen LogP contribution in [0.25, 0.3) is 0 Å².